The molecule has 5 nitrogen and oxygen atoms in total. The lowest BCUT2D eigenvalue weighted by atomic mass is 10.1. The minimum absolute atomic E-state index is 0.0652. The maximum Gasteiger partial charge on any atom is 0.260 e. The number of hydrogen-bond donors (Lipinski definition) is 2. The Balaban J connectivity index is 1.44. The number of para-hydroxylation sites is 1. The number of H-pyrrole nitrogens is 1. The van der Waals surface area contributed by atoms with Crippen LogP contribution >= 0.6 is 23.1 Å². The van der Waals surface area contributed by atoms with Crippen LogP contribution in [0.1, 0.15) is 6.42 Å². The number of benzene rings is 2. The number of fused-ring (bicyclic) bond motifs is 1. The van der Waals surface area contributed by atoms with Crippen LogP contribution in [0.5, 0.6) is 0 Å². The fraction of sp³-hybridized carbons (Fsp3) is 0.0952. The van der Waals surface area contributed by atoms with Gasteiger partial charge in [0.15, 0.2) is 5.16 Å². The molecular formula is C21H17N3O2S2. The first-order valence-electron chi connectivity index (χ1n) is 8.75. The Kier molecular flexibility index (Phi) is 5.55. The summed E-state index contributed by atoms with van der Waals surface area (Å²) in [4.78, 5) is 32.7. The minimum Gasteiger partial charge on any atom is -0.326 e. The molecule has 0 atom stereocenters. The van der Waals surface area contributed by atoms with Crippen LogP contribution in [0.2, 0.25) is 0 Å². The number of thiophene rings is 1. The summed E-state index contributed by atoms with van der Waals surface area (Å²) in [6.45, 7) is 0. The van der Waals surface area contributed by atoms with Gasteiger partial charge in [0.25, 0.3) is 5.56 Å². The molecule has 0 spiro atoms. The molecule has 28 heavy (non-hydrogen) atoms. The molecule has 0 aliphatic carbocycles. The number of nitrogens with zero attached hydrogens (tertiary/aromatic N) is 1. The normalized spacial score (nSPS) is 10.9. The Hall–Kier alpha value is -2.90. The Labute approximate surface area is 169 Å². The van der Waals surface area contributed by atoms with Crippen molar-refractivity contribution in [2.45, 2.75) is 11.6 Å². The molecular weight excluding hydrogens is 390 g/mol. The van der Waals surface area contributed by atoms with E-state index < -0.39 is 0 Å². The molecule has 2 aromatic heterocycles. The second-order valence-electron chi connectivity index (χ2n) is 6.08. The largest absolute Gasteiger partial charge is 0.326 e. The number of aromatic amines is 1. The Bertz CT molecular complexity index is 1150. The van der Waals surface area contributed by atoms with Crippen molar-refractivity contribution < 1.29 is 4.79 Å². The standard InChI is InChI=1S/C21H17N3O2S2/c25-17(22-15-9-5-2-6-10-15)11-12-27-21-23-19(26)18-16(13-28-20(18)24-21)14-7-3-1-4-8-14/h1-10,13H,11-12H2,(H,22,25)(H,23,24,26). The first-order valence-corrected chi connectivity index (χ1v) is 10.6. The van der Waals surface area contributed by atoms with E-state index in [1.54, 1.807) is 0 Å². The number of carbonyl (C=O) groups is 1. The molecule has 0 aliphatic heterocycles. The summed E-state index contributed by atoms with van der Waals surface area (Å²) in [6.07, 6.45) is 0.334. The van der Waals surface area contributed by atoms with E-state index in [2.05, 4.69) is 15.3 Å². The smallest absolute Gasteiger partial charge is 0.260 e. The third-order valence-electron chi connectivity index (χ3n) is 4.13. The van der Waals surface area contributed by atoms with Crippen LogP contribution < -0.4 is 10.9 Å². The summed E-state index contributed by atoms with van der Waals surface area (Å²) in [5, 5.41) is 5.96. The highest BCUT2D eigenvalue weighted by Gasteiger charge is 2.13. The quantitative estimate of drug-likeness (QED) is 0.357. The topological polar surface area (TPSA) is 74.8 Å². The lowest BCUT2D eigenvalue weighted by molar-refractivity contribution is -0.115. The van der Waals surface area contributed by atoms with E-state index in [1.165, 1.54) is 23.1 Å². The third-order valence-corrected chi connectivity index (χ3v) is 5.88. The van der Waals surface area contributed by atoms with Gasteiger partial charge in [-0.1, -0.05) is 60.3 Å². The number of thioether (sulfide) groups is 1. The maximum absolute atomic E-state index is 12.6. The van der Waals surface area contributed by atoms with E-state index in [0.29, 0.717) is 27.5 Å². The van der Waals surface area contributed by atoms with E-state index in [-0.39, 0.29) is 11.5 Å². The van der Waals surface area contributed by atoms with Crippen molar-refractivity contribution in [2.75, 3.05) is 11.1 Å². The van der Waals surface area contributed by atoms with Gasteiger partial charge in [-0.25, -0.2) is 4.98 Å². The van der Waals surface area contributed by atoms with E-state index in [9.17, 15) is 9.59 Å². The molecule has 0 fully saturated rings. The minimum atomic E-state index is -0.152. The number of aromatic nitrogens is 2. The van der Waals surface area contributed by atoms with E-state index in [4.69, 9.17) is 0 Å². The fourth-order valence-electron chi connectivity index (χ4n) is 2.81. The predicted molar refractivity (Wildman–Crippen MR) is 116 cm³/mol. The van der Waals surface area contributed by atoms with Crippen molar-refractivity contribution in [1.82, 2.24) is 9.97 Å². The van der Waals surface area contributed by atoms with Crippen molar-refractivity contribution >= 4 is 44.9 Å². The van der Waals surface area contributed by atoms with Crippen LogP contribution in [0.3, 0.4) is 0 Å². The molecule has 0 saturated heterocycles. The van der Waals surface area contributed by atoms with Crippen LogP contribution in [0, 0.1) is 0 Å². The highest BCUT2D eigenvalue weighted by Crippen LogP contribution is 2.31. The Morgan fingerprint density at radius 1 is 1.07 bits per heavy atom. The van der Waals surface area contributed by atoms with Gasteiger partial charge in [-0.2, -0.15) is 0 Å². The van der Waals surface area contributed by atoms with Gasteiger partial charge in [0.05, 0.1) is 5.39 Å². The molecule has 7 heteroatoms. The lowest BCUT2D eigenvalue weighted by Crippen LogP contribution is -2.13. The number of carbonyl (C=O) groups excluding carboxylic acids is 1. The Morgan fingerprint density at radius 3 is 2.54 bits per heavy atom. The number of rotatable bonds is 6. The summed E-state index contributed by atoms with van der Waals surface area (Å²) in [5.74, 6) is 0.467. The molecule has 4 rings (SSSR count). The number of amides is 1. The van der Waals surface area contributed by atoms with Crippen LogP contribution in [0.15, 0.2) is 76.0 Å². The second kappa shape index (κ2) is 8.41. The Morgan fingerprint density at radius 2 is 1.79 bits per heavy atom. The van der Waals surface area contributed by atoms with Crippen LogP contribution in [0.4, 0.5) is 5.69 Å². The van der Waals surface area contributed by atoms with Crippen LogP contribution in [-0.4, -0.2) is 21.6 Å². The zero-order valence-electron chi connectivity index (χ0n) is 14.8. The first kappa shape index (κ1) is 18.5. The van der Waals surface area contributed by atoms with Gasteiger partial charge in [0, 0.05) is 28.8 Å². The van der Waals surface area contributed by atoms with E-state index in [0.717, 1.165) is 16.8 Å². The number of hydrogen-bond acceptors (Lipinski definition) is 5. The van der Waals surface area contributed by atoms with E-state index in [1.807, 2.05) is 66.0 Å². The molecule has 140 valence electrons. The fourth-order valence-corrected chi connectivity index (χ4v) is 4.62. The highest BCUT2D eigenvalue weighted by molar-refractivity contribution is 7.99. The van der Waals surface area contributed by atoms with E-state index >= 15 is 0 Å². The molecule has 0 bridgehead atoms. The van der Waals surface area contributed by atoms with Gasteiger partial charge < -0.3 is 10.3 Å². The van der Waals surface area contributed by atoms with Crippen molar-refractivity contribution in [1.29, 1.82) is 0 Å². The zero-order chi connectivity index (χ0) is 19.3. The van der Waals surface area contributed by atoms with Gasteiger partial charge in [-0.3, -0.25) is 9.59 Å². The van der Waals surface area contributed by atoms with Gasteiger partial charge >= 0.3 is 0 Å². The summed E-state index contributed by atoms with van der Waals surface area (Å²) in [6, 6.07) is 19.1. The van der Waals surface area contributed by atoms with Crippen molar-refractivity contribution in [3.05, 3.63) is 76.4 Å². The molecule has 0 unspecified atom stereocenters. The zero-order valence-corrected chi connectivity index (χ0v) is 16.5. The third kappa shape index (κ3) is 4.16. The summed E-state index contributed by atoms with van der Waals surface area (Å²) >= 11 is 2.83. The summed E-state index contributed by atoms with van der Waals surface area (Å²) in [7, 11) is 0. The van der Waals surface area contributed by atoms with Crippen molar-refractivity contribution in [3.8, 4) is 11.1 Å². The molecule has 0 aliphatic rings. The second-order valence-corrected chi connectivity index (χ2v) is 8.02. The lowest BCUT2D eigenvalue weighted by Gasteiger charge is -2.05. The summed E-state index contributed by atoms with van der Waals surface area (Å²) < 4.78 is 0. The van der Waals surface area contributed by atoms with Crippen molar-refractivity contribution in [2.24, 2.45) is 0 Å². The number of nitrogens with one attached hydrogen (secondary N) is 2. The maximum atomic E-state index is 12.6. The number of anilines is 1. The molecule has 2 heterocycles. The molecule has 2 N–H and O–H groups in total. The van der Waals surface area contributed by atoms with Crippen LogP contribution in [-0.2, 0) is 4.79 Å². The summed E-state index contributed by atoms with van der Waals surface area (Å²) in [5.41, 5.74) is 2.52. The first-order chi connectivity index (χ1) is 13.7. The SMILES string of the molecule is O=C(CCSc1nc2scc(-c3ccccc3)c2c(=O)[nH]1)Nc1ccccc1. The van der Waals surface area contributed by atoms with Gasteiger partial charge in [0.2, 0.25) is 5.91 Å². The van der Waals surface area contributed by atoms with Gasteiger partial charge in [0.1, 0.15) is 4.83 Å². The van der Waals surface area contributed by atoms with Crippen molar-refractivity contribution in [3.63, 3.8) is 0 Å². The molecule has 4 aromatic rings. The molecule has 0 radical (unpaired) electrons. The highest BCUT2D eigenvalue weighted by atomic mass is 32.2. The van der Waals surface area contributed by atoms with Gasteiger partial charge in [-0.15, -0.1) is 11.3 Å². The molecule has 0 saturated carbocycles. The van der Waals surface area contributed by atoms with Crippen LogP contribution in [0.25, 0.3) is 21.3 Å². The average molecular weight is 408 g/mol. The molecule has 1 amide bonds. The monoisotopic (exact) mass is 407 g/mol. The average Bonchev–Trinajstić information content (AvgIpc) is 3.14. The molecule has 2 aromatic carbocycles. The van der Waals surface area contributed by atoms with Gasteiger partial charge in [-0.05, 0) is 17.7 Å². The predicted octanol–water partition coefficient (Wildman–Crippen LogP) is 4.77.